The van der Waals surface area contributed by atoms with E-state index in [0.29, 0.717) is 0 Å². The second-order valence-corrected chi connectivity index (χ2v) is 0.651. The molecule has 0 amide bonds. The molecule has 0 rings (SSSR count). The predicted octanol–water partition coefficient (Wildman–Crippen LogP) is -0.236. The van der Waals surface area contributed by atoms with Crippen LogP contribution in [0, 0.1) is 0 Å². The first-order valence-corrected chi connectivity index (χ1v) is 1.55. The molecule has 0 aliphatic rings. The van der Waals surface area contributed by atoms with Crippen molar-refractivity contribution in [3.63, 3.8) is 0 Å². The summed E-state index contributed by atoms with van der Waals surface area (Å²) in [5.74, 6) is 0. The van der Waals surface area contributed by atoms with Crippen molar-refractivity contribution in [2.45, 2.75) is 0 Å². The van der Waals surface area contributed by atoms with Gasteiger partial charge in [0.25, 0.3) is 0 Å². The molecule has 0 aromatic carbocycles. The van der Waals surface area contributed by atoms with Gasteiger partial charge in [0.15, 0.2) is 0 Å². The molecule has 0 spiro atoms. The molecule has 0 aliphatic carbocycles. The first-order chi connectivity index (χ1) is 1.73. The predicted molar refractivity (Wildman–Crippen MR) is 11.4 cm³/mol. The van der Waals surface area contributed by atoms with Crippen LogP contribution in [-0.4, -0.2) is 4.55 Å². The summed E-state index contributed by atoms with van der Waals surface area (Å²) in [4.78, 5) is 0. The molecule has 0 aliphatic heterocycles. The summed E-state index contributed by atoms with van der Waals surface area (Å²) in [5, 5.41) is 0. The van der Waals surface area contributed by atoms with Crippen LogP contribution in [0.4, 0.5) is 0 Å². The van der Waals surface area contributed by atoms with Crippen molar-refractivity contribution in [1.82, 2.24) is 0 Å². The van der Waals surface area contributed by atoms with Crippen molar-refractivity contribution in [2.75, 3.05) is 0 Å². The number of hydrogen-bond acceptors (Lipinski definition) is 3. The van der Waals surface area contributed by atoms with Crippen molar-refractivity contribution in [3.05, 3.63) is 0 Å². The standard InChI is InChI=1S/Co.HO3S.Zn/c;1-4(2)3;/h;(H,1,2,3);/q;-1;. The van der Waals surface area contributed by atoms with Crippen LogP contribution in [0.25, 0.3) is 0 Å². The van der Waals surface area contributed by atoms with Crippen LogP contribution in [0.3, 0.4) is 0 Å². The molecule has 3 nitrogen and oxygen atoms in total. The maximum Gasteiger partial charge on any atom is 0.0495 e. The zero-order chi connectivity index (χ0) is 3.58. The van der Waals surface area contributed by atoms with Crippen LogP contribution >= 0.6 is 0 Å². The molecule has 6 heteroatoms. The van der Waals surface area contributed by atoms with Gasteiger partial charge in [-0.1, -0.05) is 0 Å². The van der Waals surface area contributed by atoms with Crippen molar-refractivity contribution in [3.8, 4) is 0 Å². The van der Waals surface area contributed by atoms with Gasteiger partial charge >= 0.3 is 0 Å². The molecule has 37 valence electrons. The Bertz CT molecular complexity index is 59.2. The first-order valence-electron chi connectivity index (χ1n) is 0.516. The van der Waals surface area contributed by atoms with Crippen LogP contribution in [0.1, 0.15) is 0 Å². The van der Waals surface area contributed by atoms with Crippen molar-refractivity contribution in [1.29, 1.82) is 0 Å². The molecule has 6 heavy (non-hydrogen) atoms. The molecular weight excluding hydrogens is 204 g/mol. The Balaban J connectivity index is -0.0000000450. The fourth-order valence-corrected chi connectivity index (χ4v) is 0. The van der Waals surface area contributed by atoms with Crippen molar-refractivity contribution >= 4 is 11.0 Å². The molecule has 1 radical (unpaired) electrons. The van der Waals surface area contributed by atoms with Crippen molar-refractivity contribution in [2.24, 2.45) is 0 Å². The average Bonchev–Trinajstić information content (AvgIpc) is 0.811. The molecule has 0 saturated carbocycles. The van der Waals surface area contributed by atoms with E-state index in [-0.39, 0.29) is 36.3 Å². The zero-order valence-corrected chi connectivity index (χ0v) is 7.54. The maximum atomic E-state index is 8.56. The minimum Gasteiger partial charge on any atom is -0.439 e. The largest absolute Gasteiger partial charge is 0.439 e. The average molecular weight is 205 g/mol. The van der Waals surface area contributed by atoms with Crippen LogP contribution in [0.15, 0.2) is 0 Å². The Morgan fingerprint density at radius 2 is 1.33 bits per heavy atom. The Morgan fingerprint density at radius 3 is 1.33 bits per heavy atom. The second kappa shape index (κ2) is 9.40. The van der Waals surface area contributed by atoms with Gasteiger partial charge < -0.3 is 13.0 Å². The van der Waals surface area contributed by atoms with E-state index in [1.165, 1.54) is 0 Å². The minimum absolute atomic E-state index is 0. The summed E-state index contributed by atoms with van der Waals surface area (Å²) in [7, 11) is -2.86. The van der Waals surface area contributed by atoms with Crippen LogP contribution in [-0.2, 0) is 55.7 Å². The smallest absolute Gasteiger partial charge is 0.0495 e. The van der Waals surface area contributed by atoms with Gasteiger partial charge in [0, 0.05) is 47.2 Å². The summed E-state index contributed by atoms with van der Waals surface area (Å²) >= 11 is 0. The van der Waals surface area contributed by atoms with Gasteiger partial charge in [-0.2, -0.15) is 0 Å². The van der Waals surface area contributed by atoms with E-state index < -0.39 is 11.0 Å². The molecular formula is HCoO3SZn-. The molecule has 0 bridgehead atoms. The Labute approximate surface area is 60.2 Å². The fourth-order valence-electron chi connectivity index (χ4n) is 0. The van der Waals surface area contributed by atoms with Gasteiger partial charge in [0.2, 0.25) is 0 Å². The molecule has 0 heterocycles. The van der Waals surface area contributed by atoms with Crippen LogP contribution < -0.4 is 0 Å². The third kappa shape index (κ3) is 76.1. The fraction of sp³-hybridized carbons (Fsp3) is 0. The monoisotopic (exact) mass is 204 g/mol. The van der Waals surface area contributed by atoms with Crippen molar-refractivity contribution < 1.29 is 49.2 Å². The van der Waals surface area contributed by atoms with Gasteiger partial charge in [0.05, 0.1) is 0 Å². The normalized spacial score (nSPS) is 5.67. The van der Waals surface area contributed by atoms with Gasteiger partial charge in [-0.05, 0) is 0 Å². The van der Waals surface area contributed by atoms with Crippen LogP contribution in [0.2, 0.25) is 0 Å². The summed E-state index contributed by atoms with van der Waals surface area (Å²) < 4.78 is 24.1. The topological polar surface area (TPSA) is 54.4 Å². The van der Waals surface area contributed by atoms with E-state index in [2.05, 4.69) is 0 Å². The summed E-state index contributed by atoms with van der Waals surface area (Å²) in [6.07, 6.45) is 0. The summed E-state index contributed by atoms with van der Waals surface area (Å²) in [5.41, 5.74) is 0. The second-order valence-electron chi connectivity index (χ2n) is 0.217. The van der Waals surface area contributed by atoms with E-state index in [9.17, 15) is 0 Å². The van der Waals surface area contributed by atoms with E-state index in [0.717, 1.165) is 0 Å². The van der Waals surface area contributed by atoms with Gasteiger partial charge in [-0.25, -0.2) is 0 Å². The molecule has 0 fully saturated rings. The Hall–Kier alpha value is 1.04. The van der Waals surface area contributed by atoms with Gasteiger partial charge in [-0.15, -0.1) is 0 Å². The van der Waals surface area contributed by atoms with E-state index >= 15 is 0 Å². The number of hydrogen-bond donors (Lipinski definition) is 1. The quantitative estimate of drug-likeness (QED) is 0.257. The van der Waals surface area contributed by atoms with Gasteiger partial charge in [-0.3, -0.25) is 0 Å². The minimum atomic E-state index is -2.86. The first kappa shape index (κ1) is 15.7. The molecule has 0 aromatic rings. The Kier molecular flexibility index (Phi) is 24.7. The van der Waals surface area contributed by atoms with Gasteiger partial charge in [0.1, 0.15) is 0 Å². The molecule has 0 atom stereocenters. The van der Waals surface area contributed by atoms with E-state index in [4.69, 9.17) is 13.0 Å². The third-order valence-electron chi connectivity index (χ3n) is 0. The maximum absolute atomic E-state index is 8.56. The third-order valence-corrected chi connectivity index (χ3v) is 0. The molecule has 0 aromatic heterocycles. The SMILES string of the molecule is O=[S-](=O)O.[Co].[Zn]. The molecule has 0 saturated heterocycles. The molecule has 1 N–H and O–H groups in total. The summed E-state index contributed by atoms with van der Waals surface area (Å²) in [6, 6.07) is 0. The van der Waals surface area contributed by atoms with E-state index in [1.54, 1.807) is 0 Å². The molecule has 0 unspecified atom stereocenters. The summed E-state index contributed by atoms with van der Waals surface area (Å²) in [6.45, 7) is 0. The van der Waals surface area contributed by atoms with Crippen LogP contribution in [0.5, 0.6) is 0 Å². The zero-order valence-electron chi connectivity index (χ0n) is 2.71. The van der Waals surface area contributed by atoms with E-state index in [1.807, 2.05) is 0 Å². The Morgan fingerprint density at radius 1 is 1.33 bits per heavy atom. The number of rotatable bonds is 0.